The van der Waals surface area contributed by atoms with Gasteiger partial charge in [0, 0.05) is 27.6 Å². The SMILES string of the molecule is O=S(=O)(Nc1ccccc1)c1ccc2cccc(N=Nc3c(-c4ccccc4N=Nc4ccccc4)ccc4ccccc34)c2c1. The van der Waals surface area contributed by atoms with E-state index >= 15 is 0 Å². The van der Waals surface area contributed by atoms with E-state index < -0.39 is 10.0 Å². The Morgan fingerprint density at radius 3 is 1.93 bits per heavy atom. The normalized spacial score (nSPS) is 11.9. The van der Waals surface area contributed by atoms with E-state index in [2.05, 4.69) is 21.0 Å². The number of azo groups is 2. The largest absolute Gasteiger partial charge is 0.280 e. The molecule has 222 valence electrons. The number of anilines is 1. The van der Waals surface area contributed by atoms with Gasteiger partial charge in [-0.3, -0.25) is 4.72 Å². The van der Waals surface area contributed by atoms with Crippen LogP contribution in [-0.4, -0.2) is 8.42 Å². The summed E-state index contributed by atoms with van der Waals surface area (Å²) in [5.74, 6) is 0. The van der Waals surface area contributed by atoms with E-state index in [4.69, 9.17) is 10.2 Å². The molecule has 46 heavy (non-hydrogen) atoms. The predicted octanol–water partition coefficient (Wildman–Crippen LogP) is 11.3. The molecule has 0 spiro atoms. The molecule has 7 nitrogen and oxygen atoms in total. The number of hydrogen-bond acceptors (Lipinski definition) is 6. The van der Waals surface area contributed by atoms with Crippen molar-refractivity contribution in [3.8, 4) is 11.1 Å². The van der Waals surface area contributed by atoms with Crippen molar-refractivity contribution in [2.24, 2.45) is 20.5 Å². The lowest BCUT2D eigenvalue weighted by molar-refractivity contribution is 0.601. The summed E-state index contributed by atoms with van der Waals surface area (Å²) in [6.45, 7) is 0. The molecular formula is C38H27N5O2S. The van der Waals surface area contributed by atoms with Gasteiger partial charge in [-0.15, -0.1) is 15.3 Å². The van der Waals surface area contributed by atoms with Crippen LogP contribution >= 0.6 is 0 Å². The Morgan fingerprint density at radius 2 is 1.09 bits per heavy atom. The number of rotatable bonds is 8. The molecule has 1 N–H and O–H groups in total. The van der Waals surface area contributed by atoms with Crippen molar-refractivity contribution in [3.05, 3.63) is 158 Å². The van der Waals surface area contributed by atoms with Crippen LogP contribution in [0.25, 0.3) is 32.7 Å². The van der Waals surface area contributed by atoms with Gasteiger partial charge in [0.15, 0.2) is 0 Å². The lowest BCUT2D eigenvalue weighted by atomic mass is 9.97. The fraction of sp³-hybridized carbons (Fsp3) is 0. The fourth-order valence-corrected chi connectivity index (χ4v) is 6.37. The van der Waals surface area contributed by atoms with Gasteiger partial charge in [-0.05, 0) is 59.3 Å². The van der Waals surface area contributed by atoms with Crippen LogP contribution in [0, 0.1) is 0 Å². The highest BCUT2D eigenvalue weighted by molar-refractivity contribution is 7.92. The summed E-state index contributed by atoms with van der Waals surface area (Å²) in [6, 6.07) is 49.0. The van der Waals surface area contributed by atoms with Gasteiger partial charge < -0.3 is 0 Å². The highest BCUT2D eigenvalue weighted by atomic mass is 32.2. The Morgan fingerprint density at radius 1 is 0.457 bits per heavy atom. The van der Waals surface area contributed by atoms with Gasteiger partial charge in [0.2, 0.25) is 0 Å². The van der Waals surface area contributed by atoms with Gasteiger partial charge >= 0.3 is 0 Å². The van der Waals surface area contributed by atoms with Gasteiger partial charge in [0.25, 0.3) is 10.0 Å². The molecule has 7 aromatic carbocycles. The number of nitrogens with zero attached hydrogens (tertiary/aromatic N) is 4. The first-order valence-corrected chi connectivity index (χ1v) is 16.1. The van der Waals surface area contributed by atoms with Gasteiger partial charge in [-0.1, -0.05) is 109 Å². The second-order valence-electron chi connectivity index (χ2n) is 10.6. The molecule has 0 saturated carbocycles. The van der Waals surface area contributed by atoms with Crippen LogP contribution in [0.3, 0.4) is 0 Å². The zero-order valence-electron chi connectivity index (χ0n) is 24.5. The molecular weight excluding hydrogens is 591 g/mol. The lowest BCUT2D eigenvalue weighted by Gasteiger charge is -2.12. The van der Waals surface area contributed by atoms with Gasteiger partial charge in [0.1, 0.15) is 5.69 Å². The molecule has 8 heteroatoms. The number of sulfonamides is 1. The van der Waals surface area contributed by atoms with Crippen molar-refractivity contribution in [2.75, 3.05) is 4.72 Å². The summed E-state index contributed by atoms with van der Waals surface area (Å²) < 4.78 is 29.2. The van der Waals surface area contributed by atoms with E-state index in [1.54, 1.807) is 42.5 Å². The third-order valence-electron chi connectivity index (χ3n) is 7.55. The quantitative estimate of drug-likeness (QED) is 0.172. The minimum atomic E-state index is -3.83. The van der Waals surface area contributed by atoms with Crippen LogP contribution in [-0.2, 0) is 10.0 Å². The number of benzene rings is 7. The maximum Gasteiger partial charge on any atom is 0.261 e. The van der Waals surface area contributed by atoms with Crippen molar-refractivity contribution in [1.82, 2.24) is 0 Å². The molecule has 0 aliphatic carbocycles. The van der Waals surface area contributed by atoms with E-state index in [1.807, 2.05) is 109 Å². The molecule has 7 rings (SSSR count). The summed E-state index contributed by atoms with van der Waals surface area (Å²) in [4.78, 5) is 0.134. The fourth-order valence-electron chi connectivity index (χ4n) is 5.29. The second kappa shape index (κ2) is 12.6. The average molecular weight is 618 g/mol. The summed E-state index contributed by atoms with van der Waals surface area (Å²) in [5, 5.41) is 22.1. The minimum absolute atomic E-state index is 0.134. The second-order valence-corrected chi connectivity index (χ2v) is 12.2. The van der Waals surface area contributed by atoms with Crippen LogP contribution in [0.5, 0.6) is 0 Å². The molecule has 0 amide bonds. The van der Waals surface area contributed by atoms with Crippen molar-refractivity contribution < 1.29 is 8.42 Å². The van der Waals surface area contributed by atoms with Crippen LogP contribution in [0.15, 0.2) is 183 Å². The Bertz CT molecular complexity index is 2360. The molecule has 0 aliphatic rings. The van der Waals surface area contributed by atoms with Gasteiger partial charge in [0.05, 0.1) is 22.0 Å². The van der Waals surface area contributed by atoms with Crippen molar-refractivity contribution in [1.29, 1.82) is 0 Å². The highest BCUT2D eigenvalue weighted by Crippen LogP contribution is 2.42. The Kier molecular flexibility index (Phi) is 7.85. The van der Waals surface area contributed by atoms with E-state index in [0.29, 0.717) is 28.1 Å². The molecule has 0 unspecified atom stereocenters. The summed E-state index contributed by atoms with van der Waals surface area (Å²) in [6.07, 6.45) is 0. The minimum Gasteiger partial charge on any atom is -0.280 e. The third-order valence-corrected chi connectivity index (χ3v) is 8.93. The first kappa shape index (κ1) is 28.8. The Balaban J connectivity index is 1.32. The molecule has 7 aromatic rings. The molecule has 0 heterocycles. The van der Waals surface area contributed by atoms with Gasteiger partial charge in [-0.25, -0.2) is 8.42 Å². The average Bonchev–Trinajstić information content (AvgIpc) is 3.10. The highest BCUT2D eigenvalue weighted by Gasteiger charge is 2.17. The van der Waals surface area contributed by atoms with Crippen molar-refractivity contribution >= 4 is 60.0 Å². The molecule has 0 radical (unpaired) electrons. The zero-order chi connectivity index (χ0) is 31.3. The molecule has 0 bridgehead atoms. The number of hydrogen-bond donors (Lipinski definition) is 1. The Labute approximate surface area is 266 Å². The summed E-state index contributed by atoms with van der Waals surface area (Å²) in [5.41, 5.74) is 4.87. The van der Waals surface area contributed by atoms with E-state index in [9.17, 15) is 8.42 Å². The number of fused-ring (bicyclic) bond motifs is 2. The van der Waals surface area contributed by atoms with Crippen molar-refractivity contribution in [2.45, 2.75) is 4.90 Å². The van der Waals surface area contributed by atoms with Crippen molar-refractivity contribution in [3.63, 3.8) is 0 Å². The van der Waals surface area contributed by atoms with Crippen LogP contribution in [0.2, 0.25) is 0 Å². The van der Waals surface area contributed by atoms with E-state index in [0.717, 1.165) is 33.0 Å². The van der Waals surface area contributed by atoms with E-state index in [-0.39, 0.29) is 4.90 Å². The summed E-state index contributed by atoms with van der Waals surface area (Å²) in [7, 11) is -3.83. The summed E-state index contributed by atoms with van der Waals surface area (Å²) >= 11 is 0. The smallest absolute Gasteiger partial charge is 0.261 e. The topological polar surface area (TPSA) is 95.6 Å². The van der Waals surface area contributed by atoms with Gasteiger partial charge in [-0.2, -0.15) is 5.11 Å². The van der Waals surface area contributed by atoms with Crippen LogP contribution < -0.4 is 4.72 Å². The Hall–Kier alpha value is -5.99. The third kappa shape index (κ3) is 6.02. The molecule has 0 aromatic heterocycles. The predicted molar refractivity (Wildman–Crippen MR) is 185 cm³/mol. The maximum atomic E-state index is 13.3. The van der Waals surface area contributed by atoms with E-state index in [1.165, 1.54) is 0 Å². The van der Waals surface area contributed by atoms with Crippen LogP contribution in [0.1, 0.15) is 0 Å². The maximum absolute atomic E-state index is 13.3. The number of para-hydroxylation sites is 1. The lowest BCUT2D eigenvalue weighted by Crippen LogP contribution is -2.12. The first-order valence-electron chi connectivity index (χ1n) is 14.7. The zero-order valence-corrected chi connectivity index (χ0v) is 25.3. The molecule has 0 fully saturated rings. The molecule has 0 atom stereocenters. The van der Waals surface area contributed by atoms with Crippen LogP contribution in [0.4, 0.5) is 28.4 Å². The first-order chi connectivity index (χ1) is 22.5. The molecule has 0 saturated heterocycles. The molecule has 0 aliphatic heterocycles. The monoisotopic (exact) mass is 617 g/mol. The number of nitrogens with one attached hydrogen (secondary N) is 1. The standard InChI is InChI=1S/C38H27N5O2S/c44-46(45,43-30-16-5-2-6-17-30)31-24-22-28-13-11-21-37(35(28)26-31)41-42-38-32-18-8-7-12-27(32)23-25-34(38)33-19-9-10-20-36(33)40-39-29-14-3-1-4-15-29/h1-26,43H.